The first-order valence-corrected chi connectivity index (χ1v) is 7.21. The average Bonchev–Trinajstić information content (AvgIpc) is 2.48. The molecular formula is C16H22N4OS. The molecule has 22 heavy (non-hydrogen) atoms. The molecule has 0 aliphatic carbocycles. The van der Waals surface area contributed by atoms with Crippen LogP contribution in [0.1, 0.15) is 11.1 Å². The van der Waals surface area contributed by atoms with E-state index in [0.717, 1.165) is 36.5 Å². The average molecular weight is 318 g/mol. The molecule has 1 aromatic rings. The fourth-order valence-corrected chi connectivity index (χ4v) is 2.04. The first-order chi connectivity index (χ1) is 10.6. The van der Waals surface area contributed by atoms with Crippen molar-refractivity contribution in [1.82, 2.24) is 10.3 Å². The highest BCUT2D eigenvalue weighted by Gasteiger charge is 2.08. The summed E-state index contributed by atoms with van der Waals surface area (Å²) in [6, 6.07) is 5.85. The lowest BCUT2D eigenvalue weighted by Crippen LogP contribution is -2.24. The molecule has 3 N–H and O–H groups in total. The van der Waals surface area contributed by atoms with Gasteiger partial charge in [0.1, 0.15) is 5.75 Å². The zero-order chi connectivity index (χ0) is 16.4. The van der Waals surface area contributed by atoms with Gasteiger partial charge in [0, 0.05) is 25.2 Å². The Morgan fingerprint density at radius 3 is 2.64 bits per heavy atom. The summed E-state index contributed by atoms with van der Waals surface area (Å²) in [7, 11) is 1.66. The van der Waals surface area contributed by atoms with E-state index in [2.05, 4.69) is 28.6 Å². The summed E-state index contributed by atoms with van der Waals surface area (Å²) in [5.74, 6) is 0.831. The van der Waals surface area contributed by atoms with Gasteiger partial charge in [-0.15, -0.1) is 13.2 Å². The second kappa shape index (κ2) is 9.70. The van der Waals surface area contributed by atoms with Crippen molar-refractivity contribution in [3.8, 4) is 5.75 Å². The molecule has 0 saturated carbocycles. The van der Waals surface area contributed by atoms with Gasteiger partial charge in [-0.25, -0.2) is 0 Å². The lowest BCUT2D eigenvalue weighted by Gasteiger charge is -2.20. The summed E-state index contributed by atoms with van der Waals surface area (Å²) in [6.07, 6.45) is 5.40. The van der Waals surface area contributed by atoms with Gasteiger partial charge >= 0.3 is 0 Å². The van der Waals surface area contributed by atoms with E-state index in [4.69, 9.17) is 22.7 Å². The molecule has 1 aromatic carbocycles. The fraction of sp³-hybridized carbons (Fsp3) is 0.250. The molecule has 6 heteroatoms. The Morgan fingerprint density at radius 1 is 1.41 bits per heavy atom. The number of rotatable bonds is 9. The minimum atomic E-state index is 0.133. The van der Waals surface area contributed by atoms with Crippen LogP contribution in [-0.2, 0) is 6.54 Å². The van der Waals surface area contributed by atoms with Crippen molar-refractivity contribution in [2.75, 3.05) is 20.2 Å². The molecule has 5 nitrogen and oxygen atoms in total. The van der Waals surface area contributed by atoms with Gasteiger partial charge < -0.3 is 10.5 Å². The molecule has 1 rings (SSSR count). The molecule has 118 valence electrons. The van der Waals surface area contributed by atoms with Crippen LogP contribution in [0.2, 0.25) is 0 Å². The lowest BCUT2D eigenvalue weighted by atomic mass is 10.1. The number of nitrogens with one attached hydrogen (secondary N) is 1. The predicted octanol–water partition coefficient (Wildman–Crippen LogP) is 2.04. The molecule has 0 heterocycles. The number of hydrogen-bond donors (Lipinski definition) is 2. The highest BCUT2D eigenvalue weighted by Crippen LogP contribution is 2.21. The number of methoxy groups -OCH3 is 1. The Bertz CT molecular complexity index is 547. The lowest BCUT2D eigenvalue weighted by molar-refractivity contribution is 0.317. The van der Waals surface area contributed by atoms with Crippen LogP contribution in [0.3, 0.4) is 0 Å². The quantitative estimate of drug-likeness (QED) is 0.316. The summed E-state index contributed by atoms with van der Waals surface area (Å²) < 4.78 is 5.42. The summed E-state index contributed by atoms with van der Waals surface area (Å²) in [4.78, 5) is 2.20. The van der Waals surface area contributed by atoms with Crippen molar-refractivity contribution in [3.05, 3.63) is 54.6 Å². The van der Waals surface area contributed by atoms with Crippen molar-refractivity contribution < 1.29 is 4.74 Å². The molecular weight excluding hydrogens is 296 g/mol. The third-order valence-corrected chi connectivity index (χ3v) is 2.95. The summed E-state index contributed by atoms with van der Waals surface area (Å²) in [5, 5.41) is 4.09. The third kappa shape index (κ3) is 6.07. The Labute approximate surface area is 137 Å². The van der Waals surface area contributed by atoms with Crippen LogP contribution in [0.5, 0.6) is 5.75 Å². The predicted molar refractivity (Wildman–Crippen MR) is 96.2 cm³/mol. The van der Waals surface area contributed by atoms with Gasteiger partial charge in [-0.2, -0.15) is 5.10 Å². The van der Waals surface area contributed by atoms with Crippen LogP contribution in [0.15, 0.2) is 48.6 Å². The van der Waals surface area contributed by atoms with Crippen LogP contribution in [0.4, 0.5) is 0 Å². The third-order valence-electron chi connectivity index (χ3n) is 2.86. The summed E-state index contributed by atoms with van der Waals surface area (Å²) in [6.45, 7) is 9.84. The molecule has 0 spiro atoms. The van der Waals surface area contributed by atoms with E-state index in [9.17, 15) is 0 Å². The van der Waals surface area contributed by atoms with Gasteiger partial charge in [-0.3, -0.25) is 10.3 Å². The maximum absolute atomic E-state index is 5.42. The summed E-state index contributed by atoms with van der Waals surface area (Å²) in [5.41, 5.74) is 9.85. The molecule has 0 fully saturated rings. The van der Waals surface area contributed by atoms with Gasteiger partial charge in [0.05, 0.1) is 13.3 Å². The van der Waals surface area contributed by atoms with Crippen molar-refractivity contribution >= 4 is 23.5 Å². The number of hydrazone groups is 1. The van der Waals surface area contributed by atoms with Crippen molar-refractivity contribution in [1.29, 1.82) is 0 Å². The van der Waals surface area contributed by atoms with Gasteiger partial charge in [-0.1, -0.05) is 12.2 Å². The molecule has 0 aliphatic rings. The van der Waals surface area contributed by atoms with E-state index in [1.807, 2.05) is 30.4 Å². The van der Waals surface area contributed by atoms with Crippen molar-refractivity contribution in [2.24, 2.45) is 10.8 Å². The minimum absolute atomic E-state index is 0.133. The van der Waals surface area contributed by atoms with Crippen molar-refractivity contribution in [3.63, 3.8) is 0 Å². The van der Waals surface area contributed by atoms with E-state index < -0.39 is 0 Å². The zero-order valence-electron chi connectivity index (χ0n) is 12.8. The molecule has 0 radical (unpaired) electrons. The van der Waals surface area contributed by atoms with Gasteiger partial charge in [0.15, 0.2) is 5.11 Å². The molecule has 0 bridgehead atoms. The number of thiocarbonyl (C=S) groups is 1. The maximum atomic E-state index is 5.42. The molecule has 0 atom stereocenters. The number of hydrogen-bond acceptors (Lipinski definition) is 4. The Hall–Kier alpha value is -2.18. The number of benzene rings is 1. The van der Waals surface area contributed by atoms with E-state index in [1.165, 1.54) is 0 Å². The highest BCUT2D eigenvalue weighted by atomic mass is 32.1. The first kappa shape index (κ1) is 17.9. The van der Waals surface area contributed by atoms with Crippen LogP contribution < -0.4 is 15.9 Å². The number of nitrogens with zero attached hydrogens (tertiary/aromatic N) is 2. The van der Waals surface area contributed by atoms with Crippen molar-refractivity contribution in [2.45, 2.75) is 6.54 Å². The minimum Gasteiger partial charge on any atom is -0.496 e. The Balaban J connectivity index is 2.94. The molecule has 0 saturated heterocycles. The molecule has 0 amide bonds. The Kier molecular flexibility index (Phi) is 7.88. The summed E-state index contributed by atoms with van der Waals surface area (Å²) >= 11 is 4.70. The fourth-order valence-electron chi connectivity index (χ4n) is 1.98. The monoisotopic (exact) mass is 318 g/mol. The van der Waals surface area contributed by atoms with Crippen LogP contribution in [0.25, 0.3) is 0 Å². The van der Waals surface area contributed by atoms with Gasteiger partial charge in [0.25, 0.3) is 0 Å². The largest absolute Gasteiger partial charge is 0.496 e. The molecule has 0 aromatic heterocycles. The van der Waals surface area contributed by atoms with Gasteiger partial charge in [0.2, 0.25) is 0 Å². The first-order valence-electron chi connectivity index (χ1n) is 6.80. The smallest absolute Gasteiger partial charge is 0.184 e. The topological polar surface area (TPSA) is 62.9 Å². The highest BCUT2D eigenvalue weighted by molar-refractivity contribution is 7.80. The van der Waals surface area contributed by atoms with E-state index in [1.54, 1.807) is 13.3 Å². The maximum Gasteiger partial charge on any atom is 0.184 e. The second-order valence-corrected chi connectivity index (χ2v) is 5.02. The number of ether oxygens (including phenoxy) is 1. The van der Waals surface area contributed by atoms with Crippen LogP contribution in [-0.4, -0.2) is 36.4 Å². The second-order valence-electron chi connectivity index (χ2n) is 4.58. The van der Waals surface area contributed by atoms with Crippen LogP contribution >= 0.6 is 12.2 Å². The standard InChI is InChI=1S/C16H22N4OS/c1-4-8-20(9-5-2)12-14-10-13(6-7-15(14)21-3)11-18-19-16(17)22/h4-7,10-11H,1-2,8-9,12H2,3H3,(H3,17,19,22). The van der Waals surface area contributed by atoms with Gasteiger partial charge in [-0.05, 0) is 36.0 Å². The van der Waals surface area contributed by atoms with Crippen LogP contribution in [0, 0.1) is 0 Å². The van der Waals surface area contributed by atoms with E-state index in [0.29, 0.717) is 0 Å². The van der Waals surface area contributed by atoms with E-state index in [-0.39, 0.29) is 5.11 Å². The number of nitrogens with two attached hydrogens (primary N) is 1. The van der Waals surface area contributed by atoms with E-state index >= 15 is 0 Å². The zero-order valence-corrected chi connectivity index (χ0v) is 13.6. The molecule has 0 unspecified atom stereocenters. The normalized spacial score (nSPS) is 10.6. The Morgan fingerprint density at radius 2 is 2.09 bits per heavy atom. The molecule has 0 aliphatic heterocycles. The SMILES string of the molecule is C=CCN(CC=C)Cc1cc(C=NNC(N)=S)ccc1OC.